The average Bonchev–Trinajstić information content (AvgIpc) is 2.54. The topological polar surface area (TPSA) is 95.4 Å². The van der Waals surface area contributed by atoms with E-state index in [1.54, 1.807) is 36.4 Å². The molecule has 98 valence electrons. The summed E-state index contributed by atoms with van der Waals surface area (Å²) in [6.07, 6.45) is 0. The summed E-state index contributed by atoms with van der Waals surface area (Å²) < 4.78 is 1.04. The fourth-order valence-electron chi connectivity index (χ4n) is 2.07. The highest BCUT2D eigenvalue weighted by Gasteiger charge is 2.13. The fourth-order valence-corrected chi connectivity index (χ4v) is 2.07. The molecule has 0 amide bonds. The van der Waals surface area contributed by atoms with E-state index in [2.05, 4.69) is 10.3 Å². The van der Waals surface area contributed by atoms with Crippen molar-refractivity contribution >= 4 is 10.9 Å². The second kappa shape index (κ2) is 4.87. The largest absolute Gasteiger partial charge is 0.282 e. The van der Waals surface area contributed by atoms with Gasteiger partial charge < -0.3 is 0 Å². The Morgan fingerprint density at radius 1 is 1.00 bits per heavy atom. The van der Waals surface area contributed by atoms with Gasteiger partial charge in [-0.3, -0.25) is 4.79 Å². The van der Waals surface area contributed by atoms with Gasteiger partial charge in [-0.15, -0.1) is 5.10 Å². The van der Waals surface area contributed by atoms with Crippen molar-refractivity contribution in [2.45, 2.75) is 0 Å². The third-order valence-electron chi connectivity index (χ3n) is 3.07. The molecule has 2 aromatic carbocycles. The van der Waals surface area contributed by atoms with Gasteiger partial charge in [0.05, 0.1) is 22.2 Å². The lowest BCUT2D eigenvalue weighted by Crippen LogP contribution is -2.23. The predicted molar refractivity (Wildman–Crippen MR) is 74.6 cm³/mol. The van der Waals surface area contributed by atoms with Crippen molar-refractivity contribution in [2.24, 2.45) is 0 Å². The van der Waals surface area contributed by atoms with E-state index in [0.29, 0.717) is 10.9 Å². The van der Waals surface area contributed by atoms with Crippen LogP contribution in [0.1, 0.15) is 11.1 Å². The molecular weight excluding hydrogens is 266 g/mol. The van der Waals surface area contributed by atoms with Gasteiger partial charge in [-0.05, 0) is 24.3 Å². The number of hydrogen-bond donors (Lipinski definition) is 0. The molecule has 21 heavy (non-hydrogen) atoms. The van der Waals surface area contributed by atoms with Gasteiger partial charge in [-0.1, -0.05) is 23.4 Å². The molecule has 0 saturated carbocycles. The van der Waals surface area contributed by atoms with Crippen LogP contribution in [0.3, 0.4) is 0 Å². The van der Waals surface area contributed by atoms with Crippen molar-refractivity contribution in [2.75, 3.05) is 0 Å². The summed E-state index contributed by atoms with van der Waals surface area (Å²) in [7, 11) is 0. The molecule has 0 fully saturated rings. The van der Waals surface area contributed by atoms with Crippen molar-refractivity contribution in [3.05, 3.63) is 63.9 Å². The number of aromatic nitrogens is 3. The summed E-state index contributed by atoms with van der Waals surface area (Å²) in [5.41, 5.74) is 0.643. The third kappa shape index (κ3) is 1.92. The normalized spacial score (nSPS) is 10.0. The Labute approximate surface area is 119 Å². The lowest BCUT2D eigenvalue weighted by atomic mass is 10.1. The second-order valence-corrected chi connectivity index (χ2v) is 4.25. The van der Waals surface area contributed by atoms with Crippen LogP contribution in [0.4, 0.5) is 0 Å². The van der Waals surface area contributed by atoms with E-state index in [-0.39, 0.29) is 22.4 Å². The van der Waals surface area contributed by atoms with Crippen molar-refractivity contribution in [3.8, 4) is 17.8 Å². The van der Waals surface area contributed by atoms with Gasteiger partial charge in [0, 0.05) is 0 Å². The highest BCUT2D eigenvalue weighted by atomic mass is 16.1. The average molecular weight is 273 g/mol. The van der Waals surface area contributed by atoms with Crippen molar-refractivity contribution in [1.29, 1.82) is 10.5 Å². The molecule has 0 aliphatic carbocycles. The Hall–Kier alpha value is -3.51. The minimum Gasteiger partial charge on any atom is -0.267 e. The number of hydrogen-bond acceptors (Lipinski definition) is 5. The number of nitrogens with zero attached hydrogens (tertiary/aromatic N) is 5. The summed E-state index contributed by atoms with van der Waals surface area (Å²) in [4.78, 5) is 12.5. The van der Waals surface area contributed by atoms with Crippen molar-refractivity contribution < 1.29 is 0 Å². The maximum Gasteiger partial charge on any atom is 0.282 e. The van der Waals surface area contributed by atoms with Gasteiger partial charge >= 0.3 is 0 Å². The van der Waals surface area contributed by atoms with Crippen LogP contribution in [0.2, 0.25) is 0 Å². The molecule has 0 spiro atoms. The first-order valence-electron chi connectivity index (χ1n) is 6.04. The number of benzene rings is 2. The first kappa shape index (κ1) is 12.5. The molecule has 1 heterocycles. The Bertz CT molecular complexity index is 991. The molecular formula is C15H7N5O. The van der Waals surface area contributed by atoms with E-state index in [1.807, 2.05) is 12.1 Å². The van der Waals surface area contributed by atoms with Crippen LogP contribution in [0, 0.1) is 22.7 Å². The van der Waals surface area contributed by atoms with E-state index in [4.69, 9.17) is 5.26 Å². The lowest BCUT2D eigenvalue weighted by molar-refractivity contribution is 0.736. The van der Waals surface area contributed by atoms with Gasteiger partial charge in [0.2, 0.25) is 0 Å². The summed E-state index contributed by atoms with van der Waals surface area (Å²) in [5, 5.41) is 26.5. The number of rotatable bonds is 1. The molecule has 0 bridgehead atoms. The van der Waals surface area contributed by atoms with Crippen LogP contribution in [-0.4, -0.2) is 15.0 Å². The molecule has 0 radical (unpaired) electrons. The molecule has 0 unspecified atom stereocenters. The Kier molecular flexibility index (Phi) is 2.91. The minimum absolute atomic E-state index is 0.103. The number of nitriles is 2. The predicted octanol–water partition coefficient (Wildman–Crippen LogP) is 1.52. The molecule has 1 aromatic heterocycles. The van der Waals surface area contributed by atoms with E-state index in [1.165, 1.54) is 6.07 Å². The summed E-state index contributed by atoms with van der Waals surface area (Å²) in [6.45, 7) is 0. The van der Waals surface area contributed by atoms with Gasteiger partial charge in [0.1, 0.15) is 17.7 Å². The third-order valence-corrected chi connectivity index (χ3v) is 3.07. The zero-order valence-electron chi connectivity index (χ0n) is 10.7. The molecule has 6 nitrogen and oxygen atoms in total. The summed E-state index contributed by atoms with van der Waals surface area (Å²) >= 11 is 0. The van der Waals surface area contributed by atoms with Crippen molar-refractivity contribution in [1.82, 2.24) is 15.0 Å². The molecule has 0 saturated heterocycles. The smallest absolute Gasteiger partial charge is 0.267 e. The van der Waals surface area contributed by atoms with E-state index >= 15 is 0 Å². The Morgan fingerprint density at radius 3 is 2.57 bits per heavy atom. The highest BCUT2D eigenvalue weighted by Crippen LogP contribution is 2.16. The van der Waals surface area contributed by atoms with Crippen LogP contribution in [0.25, 0.3) is 16.6 Å². The lowest BCUT2D eigenvalue weighted by Gasteiger charge is -2.07. The van der Waals surface area contributed by atoms with Crippen LogP contribution in [0.5, 0.6) is 0 Å². The van der Waals surface area contributed by atoms with Crippen LogP contribution < -0.4 is 5.56 Å². The quantitative estimate of drug-likeness (QED) is 0.669. The second-order valence-electron chi connectivity index (χ2n) is 4.25. The van der Waals surface area contributed by atoms with Gasteiger partial charge in [-0.25, -0.2) is 0 Å². The molecule has 3 aromatic rings. The van der Waals surface area contributed by atoms with Gasteiger partial charge in [0.15, 0.2) is 0 Å². The van der Waals surface area contributed by atoms with Crippen LogP contribution in [-0.2, 0) is 0 Å². The molecule has 0 aliphatic rings. The highest BCUT2D eigenvalue weighted by molar-refractivity contribution is 5.77. The van der Waals surface area contributed by atoms with Crippen LogP contribution >= 0.6 is 0 Å². The zero-order chi connectivity index (χ0) is 14.8. The van der Waals surface area contributed by atoms with E-state index < -0.39 is 0 Å². The monoisotopic (exact) mass is 273 g/mol. The molecule has 0 aliphatic heterocycles. The molecule has 3 rings (SSSR count). The van der Waals surface area contributed by atoms with E-state index in [9.17, 15) is 10.1 Å². The summed E-state index contributed by atoms with van der Waals surface area (Å²) in [6, 6.07) is 15.4. The van der Waals surface area contributed by atoms with Crippen LogP contribution in [0.15, 0.2) is 47.3 Å². The van der Waals surface area contributed by atoms with Gasteiger partial charge in [0.25, 0.3) is 5.56 Å². The van der Waals surface area contributed by atoms with E-state index in [0.717, 1.165) is 4.68 Å². The minimum atomic E-state index is -0.382. The maximum atomic E-state index is 12.5. The maximum absolute atomic E-state index is 12.5. The summed E-state index contributed by atoms with van der Waals surface area (Å²) in [5.74, 6) is 0. The first-order chi connectivity index (χ1) is 10.3. The standard InChI is InChI=1S/C15H7N5O/c16-8-10-4-3-7-14(12(10)9-17)20-15(21)11-5-1-2-6-13(11)18-19-20/h1-7H. The Morgan fingerprint density at radius 2 is 1.81 bits per heavy atom. The molecule has 6 heteroatoms. The zero-order valence-corrected chi connectivity index (χ0v) is 10.7. The SMILES string of the molecule is N#Cc1cccc(-n2nnc3ccccc3c2=O)c1C#N. The molecule has 0 atom stereocenters. The number of fused-ring (bicyclic) bond motifs is 1. The fraction of sp³-hybridized carbons (Fsp3) is 0. The van der Waals surface area contributed by atoms with Gasteiger partial charge in [-0.2, -0.15) is 15.2 Å². The van der Waals surface area contributed by atoms with Crippen molar-refractivity contribution in [3.63, 3.8) is 0 Å². The molecule has 0 N–H and O–H groups in total. The first-order valence-corrected chi connectivity index (χ1v) is 6.04. The Balaban J connectivity index is 2.38.